The smallest absolute Gasteiger partial charge is 0.165 e. The molecule has 72 valence electrons. The molecular weight excluding hydrogens is 202 g/mol. The molecule has 0 bridgehead atoms. The Bertz CT molecular complexity index is 439. The fraction of sp³-hybridized carbons (Fsp3) is 0.125. The topological polar surface area (TPSA) is 69.6 Å². The number of hydrogen-bond donors (Lipinski definition) is 1. The predicted molar refractivity (Wildman–Crippen MR) is 52.8 cm³/mol. The summed E-state index contributed by atoms with van der Waals surface area (Å²) >= 11 is 5.78. The van der Waals surface area contributed by atoms with E-state index in [0.717, 1.165) is 5.56 Å². The number of pyridine rings is 1. The largest absolute Gasteiger partial charge is 0.381 e. The van der Waals surface area contributed by atoms with Gasteiger partial charge in [0.25, 0.3) is 0 Å². The Labute approximate surface area is 85.5 Å². The highest BCUT2D eigenvalue weighted by molar-refractivity contribution is 6.30. The summed E-state index contributed by atoms with van der Waals surface area (Å²) in [6.45, 7) is 0.567. The van der Waals surface area contributed by atoms with E-state index in [1.165, 1.54) is 0 Å². The second-order valence-electron chi connectivity index (χ2n) is 2.85. The zero-order chi connectivity index (χ0) is 9.97. The minimum atomic E-state index is 0.403. The summed E-state index contributed by atoms with van der Waals surface area (Å²) in [4.78, 5) is 3.96. The van der Waals surface area contributed by atoms with Crippen LogP contribution >= 0.6 is 11.6 Å². The van der Waals surface area contributed by atoms with Crippen molar-refractivity contribution in [3.63, 3.8) is 0 Å². The van der Waals surface area contributed by atoms with Gasteiger partial charge in [0.15, 0.2) is 5.82 Å². The van der Waals surface area contributed by atoms with Crippen molar-refractivity contribution < 1.29 is 0 Å². The second-order valence-corrected chi connectivity index (χ2v) is 3.29. The summed E-state index contributed by atoms with van der Waals surface area (Å²) in [7, 11) is 0. The van der Waals surface area contributed by atoms with Gasteiger partial charge in [-0.25, -0.2) is 4.68 Å². The third kappa shape index (κ3) is 2.00. The van der Waals surface area contributed by atoms with Crippen LogP contribution in [0.3, 0.4) is 0 Å². The zero-order valence-corrected chi connectivity index (χ0v) is 8.02. The summed E-state index contributed by atoms with van der Waals surface area (Å²) in [6.07, 6.45) is 4.96. The van der Waals surface area contributed by atoms with Crippen molar-refractivity contribution in [1.29, 1.82) is 0 Å². The summed E-state index contributed by atoms with van der Waals surface area (Å²) in [5.74, 6) is 0.403. The van der Waals surface area contributed by atoms with Gasteiger partial charge in [-0.2, -0.15) is 0 Å². The van der Waals surface area contributed by atoms with Gasteiger partial charge in [-0.05, 0) is 11.6 Å². The van der Waals surface area contributed by atoms with E-state index in [4.69, 9.17) is 17.3 Å². The SMILES string of the molecule is Nc1cn(Cc2cncc(Cl)c2)nn1. The molecule has 2 N–H and O–H groups in total. The molecule has 0 radical (unpaired) electrons. The molecule has 0 saturated heterocycles. The third-order valence-corrected chi connectivity index (χ3v) is 1.87. The number of hydrogen-bond acceptors (Lipinski definition) is 4. The van der Waals surface area contributed by atoms with Gasteiger partial charge in [-0.15, -0.1) is 5.10 Å². The van der Waals surface area contributed by atoms with Gasteiger partial charge in [0.2, 0.25) is 0 Å². The first kappa shape index (κ1) is 8.96. The second kappa shape index (κ2) is 3.63. The van der Waals surface area contributed by atoms with Crippen molar-refractivity contribution in [2.75, 3.05) is 5.73 Å². The highest BCUT2D eigenvalue weighted by Gasteiger charge is 1.99. The van der Waals surface area contributed by atoms with Crippen LogP contribution < -0.4 is 5.73 Å². The van der Waals surface area contributed by atoms with Crippen LogP contribution in [0.2, 0.25) is 5.02 Å². The maximum atomic E-state index is 5.78. The molecular formula is C8H8ClN5. The number of nitrogens with zero attached hydrogens (tertiary/aromatic N) is 4. The maximum Gasteiger partial charge on any atom is 0.165 e. The Kier molecular flexibility index (Phi) is 2.32. The Morgan fingerprint density at radius 1 is 1.43 bits per heavy atom. The summed E-state index contributed by atoms with van der Waals surface area (Å²) in [5.41, 5.74) is 6.39. The minimum absolute atomic E-state index is 0.403. The molecule has 0 aromatic carbocycles. The van der Waals surface area contributed by atoms with Crippen molar-refractivity contribution >= 4 is 17.4 Å². The monoisotopic (exact) mass is 209 g/mol. The van der Waals surface area contributed by atoms with Crippen LogP contribution in [0.25, 0.3) is 0 Å². The predicted octanol–water partition coefficient (Wildman–Crippen LogP) is 0.957. The quantitative estimate of drug-likeness (QED) is 0.800. The fourth-order valence-electron chi connectivity index (χ4n) is 1.12. The lowest BCUT2D eigenvalue weighted by Crippen LogP contribution is -2.00. The molecule has 2 aromatic rings. The minimum Gasteiger partial charge on any atom is -0.381 e. The van der Waals surface area contributed by atoms with Crippen molar-refractivity contribution in [2.24, 2.45) is 0 Å². The molecule has 0 aliphatic heterocycles. The Morgan fingerprint density at radius 2 is 2.29 bits per heavy atom. The number of nitrogens with two attached hydrogens (primary N) is 1. The first-order valence-corrected chi connectivity index (χ1v) is 4.37. The molecule has 5 nitrogen and oxygen atoms in total. The molecule has 0 atom stereocenters. The van der Waals surface area contributed by atoms with E-state index in [1.807, 2.05) is 6.07 Å². The standard InChI is InChI=1S/C8H8ClN5/c9-7-1-6(2-11-3-7)4-14-5-8(10)12-13-14/h1-3,5H,4,10H2. The lowest BCUT2D eigenvalue weighted by Gasteiger charge is -1.99. The highest BCUT2D eigenvalue weighted by atomic mass is 35.5. The average molecular weight is 210 g/mol. The van der Waals surface area contributed by atoms with E-state index in [-0.39, 0.29) is 0 Å². The van der Waals surface area contributed by atoms with Crippen molar-refractivity contribution in [3.8, 4) is 0 Å². The molecule has 2 heterocycles. The molecule has 14 heavy (non-hydrogen) atoms. The maximum absolute atomic E-state index is 5.78. The number of halogens is 1. The lowest BCUT2D eigenvalue weighted by atomic mass is 10.3. The summed E-state index contributed by atoms with van der Waals surface area (Å²) < 4.78 is 1.63. The molecule has 0 aliphatic rings. The molecule has 0 aliphatic carbocycles. The number of anilines is 1. The third-order valence-electron chi connectivity index (χ3n) is 1.66. The normalized spacial score (nSPS) is 10.4. The van der Waals surface area contributed by atoms with Gasteiger partial charge in [0, 0.05) is 12.4 Å². The molecule has 2 rings (SSSR count). The molecule has 6 heteroatoms. The lowest BCUT2D eigenvalue weighted by molar-refractivity contribution is 0.648. The Balaban J connectivity index is 2.18. The zero-order valence-electron chi connectivity index (χ0n) is 7.26. The van der Waals surface area contributed by atoms with Crippen LogP contribution in [0.5, 0.6) is 0 Å². The molecule has 0 saturated carbocycles. The van der Waals surface area contributed by atoms with Crippen LogP contribution in [0.1, 0.15) is 5.56 Å². The van der Waals surface area contributed by atoms with Gasteiger partial charge in [-0.3, -0.25) is 4.98 Å². The van der Waals surface area contributed by atoms with Gasteiger partial charge < -0.3 is 5.73 Å². The molecule has 0 fully saturated rings. The van der Waals surface area contributed by atoms with E-state index in [9.17, 15) is 0 Å². The Hall–Kier alpha value is -1.62. The average Bonchev–Trinajstić information content (AvgIpc) is 2.51. The Morgan fingerprint density at radius 3 is 2.93 bits per heavy atom. The van der Waals surface area contributed by atoms with Crippen LogP contribution in [0, 0.1) is 0 Å². The van der Waals surface area contributed by atoms with Crippen LogP contribution in [0.15, 0.2) is 24.7 Å². The van der Waals surface area contributed by atoms with Crippen LogP contribution in [-0.2, 0) is 6.54 Å². The molecule has 2 aromatic heterocycles. The van der Waals surface area contributed by atoms with Crippen molar-refractivity contribution in [3.05, 3.63) is 35.2 Å². The van der Waals surface area contributed by atoms with E-state index in [0.29, 0.717) is 17.4 Å². The number of rotatable bonds is 2. The molecule has 0 amide bonds. The number of aromatic nitrogens is 4. The first-order chi connectivity index (χ1) is 6.74. The number of nitrogen functional groups attached to an aromatic ring is 1. The van der Waals surface area contributed by atoms with Gasteiger partial charge in [0.1, 0.15) is 0 Å². The summed E-state index contributed by atoms with van der Waals surface area (Å²) in [6, 6.07) is 1.83. The van der Waals surface area contributed by atoms with Gasteiger partial charge in [0.05, 0.1) is 17.8 Å². The van der Waals surface area contributed by atoms with E-state index in [1.54, 1.807) is 23.3 Å². The molecule has 0 unspecified atom stereocenters. The summed E-state index contributed by atoms with van der Waals surface area (Å²) in [5, 5.41) is 8.09. The van der Waals surface area contributed by atoms with Crippen LogP contribution in [-0.4, -0.2) is 20.0 Å². The van der Waals surface area contributed by atoms with Crippen molar-refractivity contribution in [2.45, 2.75) is 6.54 Å². The van der Waals surface area contributed by atoms with E-state index in [2.05, 4.69) is 15.3 Å². The van der Waals surface area contributed by atoms with E-state index < -0.39 is 0 Å². The van der Waals surface area contributed by atoms with Crippen LogP contribution in [0.4, 0.5) is 5.82 Å². The van der Waals surface area contributed by atoms with Gasteiger partial charge >= 0.3 is 0 Å². The highest BCUT2D eigenvalue weighted by Crippen LogP contribution is 2.09. The van der Waals surface area contributed by atoms with Crippen molar-refractivity contribution in [1.82, 2.24) is 20.0 Å². The van der Waals surface area contributed by atoms with Gasteiger partial charge in [-0.1, -0.05) is 16.8 Å². The fourth-order valence-corrected chi connectivity index (χ4v) is 1.32. The van der Waals surface area contributed by atoms with E-state index >= 15 is 0 Å². The molecule has 0 spiro atoms. The first-order valence-electron chi connectivity index (χ1n) is 3.99.